The Bertz CT molecular complexity index is 1070. The Morgan fingerprint density at radius 3 is 2.61 bits per heavy atom. The topological polar surface area (TPSA) is 70.2 Å². The Labute approximate surface area is 182 Å². The quantitative estimate of drug-likeness (QED) is 0.549. The van der Waals surface area contributed by atoms with E-state index in [-0.39, 0.29) is 6.03 Å². The molecule has 2 amide bonds. The molecule has 0 unspecified atom stereocenters. The van der Waals surface area contributed by atoms with Gasteiger partial charge in [0.1, 0.15) is 0 Å². The number of urea groups is 1. The van der Waals surface area contributed by atoms with E-state index < -0.39 is 11.7 Å². The molecule has 3 aromatic rings. The van der Waals surface area contributed by atoms with Crippen LogP contribution in [0.3, 0.4) is 0 Å². The third-order valence-electron chi connectivity index (χ3n) is 4.53. The summed E-state index contributed by atoms with van der Waals surface area (Å²) in [5.41, 5.74) is 1.68. The Balaban J connectivity index is 1.60. The van der Waals surface area contributed by atoms with Gasteiger partial charge in [-0.05, 0) is 38.1 Å². The summed E-state index contributed by atoms with van der Waals surface area (Å²) in [5, 5.41) is 5.98. The molecule has 0 bridgehead atoms. The fourth-order valence-electron chi connectivity index (χ4n) is 2.98. The number of carbonyl (C=O) groups is 1. The van der Waals surface area contributed by atoms with Crippen molar-refractivity contribution in [1.29, 1.82) is 0 Å². The van der Waals surface area contributed by atoms with Gasteiger partial charge in [-0.25, -0.2) is 9.78 Å². The third-order valence-corrected chi connectivity index (χ3v) is 5.36. The van der Waals surface area contributed by atoms with Crippen LogP contribution in [-0.2, 0) is 6.18 Å². The maximum Gasteiger partial charge on any atom is 0.416 e. The lowest BCUT2D eigenvalue weighted by Gasteiger charge is -2.21. The van der Waals surface area contributed by atoms with Crippen LogP contribution in [0.15, 0.2) is 42.6 Å². The Morgan fingerprint density at radius 1 is 1.19 bits per heavy atom. The van der Waals surface area contributed by atoms with Gasteiger partial charge in [-0.15, -0.1) is 11.3 Å². The normalized spacial score (nSPS) is 11.3. The first-order chi connectivity index (χ1) is 14.6. The van der Waals surface area contributed by atoms with E-state index in [0.29, 0.717) is 35.2 Å². The van der Waals surface area contributed by atoms with E-state index in [1.54, 1.807) is 25.3 Å². The molecule has 6 nitrogen and oxygen atoms in total. The number of aromatic nitrogens is 2. The molecule has 0 saturated carbocycles. The molecule has 164 valence electrons. The second kappa shape index (κ2) is 9.34. The van der Waals surface area contributed by atoms with Crippen molar-refractivity contribution >= 4 is 28.2 Å². The van der Waals surface area contributed by atoms with Gasteiger partial charge in [-0.3, -0.25) is 10.3 Å². The molecule has 0 fully saturated rings. The standard InChI is InChI=1S/C21H22F3N5OS/c1-13-12-26-20(31-13)28-19(30)25-9-10-29(3)18-8-7-17(27-14(18)2)15-5-4-6-16(11-15)21(22,23)24/h4-8,11-12H,9-10H2,1-3H3,(H2,25,26,28,30). The Kier molecular flexibility index (Phi) is 6.79. The van der Waals surface area contributed by atoms with E-state index >= 15 is 0 Å². The monoisotopic (exact) mass is 449 g/mol. The van der Waals surface area contributed by atoms with Crippen molar-refractivity contribution in [2.45, 2.75) is 20.0 Å². The summed E-state index contributed by atoms with van der Waals surface area (Å²) in [7, 11) is 1.86. The molecule has 0 aliphatic rings. The molecular formula is C21H22F3N5OS. The molecule has 1 aromatic carbocycles. The number of nitrogens with zero attached hydrogens (tertiary/aromatic N) is 3. The first-order valence-corrected chi connectivity index (χ1v) is 10.3. The minimum Gasteiger partial charge on any atom is -0.371 e. The molecule has 2 heterocycles. The zero-order chi connectivity index (χ0) is 22.6. The third kappa shape index (κ3) is 5.94. The van der Waals surface area contributed by atoms with Crippen LogP contribution < -0.4 is 15.5 Å². The zero-order valence-corrected chi connectivity index (χ0v) is 18.1. The van der Waals surface area contributed by atoms with Gasteiger partial charge in [0.15, 0.2) is 5.13 Å². The van der Waals surface area contributed by atoms with Crippen molar-refractivity contribution in [3.63, 3.8) is 0 Å². The molecule has 31 heavy (non-hydrogen) atoms. The number of thiazole rings is 1. The lowest BCUT2D eigenvalue weighted by Crippen LogP contribution is -2.35. The summed E-state index contributed by atoms with van der Waals surface area (Å²) in [6.07, 6.45) is -2.71. The van der Waals surface area contributed by atoms with E-state index in [1.165, 1.54) is 17.4 Å². The number of nitrogens with one attached hydrogen (secondary N) is 2. The number of pyridine rings is 1. The van der Waals surface area contributed by atoms with E-state index in [0.717, 1.165) is 22.7 Å². The number of alkyl halides is 3. The number of amides is 2. The fraction of sp³-hybridized carbons (Fsp3) is 0.286. The van der Waals surface area contributed by atoms with Gasteiger partial charge in [0.2, 0.25) is 0 Å². The molecule has 0 aliphatic carbocycles. The maximum absolute atomic E-state index is 13.0. The summed E-state index contributed by atoms with van der Waals surface area (Å²) in [5.74, 6) is 0. The number of aryl methyl sites for hydroxylation is 2. The van der Waals surface area contributed by atoms with Crippen LogP contribution in [0, 0.1) is 13.8 Å². The van der Waals surface area contributed by atoms with Crippen molar-refractivity contribution in [2.24, 2.45) is 0 Å². The lowest BCUT2D eigenvalue weighted by atomic mass is 10.1. The SMILES string of the molecule is Cc1cnc(NC(=O)NCCN(C)c2ccc(-c3cccc(C(F)(F)F)c3)nc2C)s1. The van der Waals surface area contributed by atoms with Gasteiger partial charge in [0.05, 0.1) is 22.6 Å². The number of carbonyl (C=O) groups excluding carboxylic acids is 1. The maximum atomic E-state index is 13.0. The van der Waals surface area contributed by atoms with Crippen LogP contribution in [0.5, 0.6) is 0 Å². The van der Waals surface area contributed by atoms with Crippen LogP contribution in [-0.4, -0.2) is 36.1 Å². The second-order valence-corrected chi connectivity index (χ2v) is 8.19. The number of hydrogen-bond donors (Lipinski definition) is 2. The average Bonchev–Trinajstić information content (AvgIpc) is 3.11. The molecule has 10 heteroatoms. The number of likely N-dealkylation sites (N-methyl/N-ethyl adjacent to an activating group) is 1. The fourth-order valence-corrected chi connectivity index (χ4v) is 3.64. The highest BCUT2D eigenvalue weighted by atomic mass is 32.1. The highest BCUT2D eigenvalue weighted by Crippen LogP contribution is 2.32. The average molecular weight is 450 g/mol. The summed E-state index contributed by atoms with van der Waals surface area (Å²) in [4.78, 5) is 23.4. The van der Waals surface area contributed by atoms with E-state index in [2.05, 4.69) is 20.6 Å². The van der Waals surface area contributed by atoms with Crippen molar-refractivity contribution in [1.82, 2.24) is 15.3 Å². The molecule has 0 aliphatic heterocycles. The predicted molar refractivity (Wildman–Crippen MR) is 117 cm³/mol. The van der Waals surface area contributed by atoms with Crippen LogP contribution in [0.1, 0.15) is 16.1 Å². The summed E-state index contributed by atoms with van der Waals surface area (Å²) in [6, 6.07) is 8.29. The van der Waals surface area contributed by atoms with Gasteiger partial charge < -0.3 is 10.2 Å². The first-order valence-electron chi connectivity index (χ1n) is 9.47. The summed E-state index contributed by atoms with van der Waals surface area (Å²) >= 11 is 1.39. The van der Waals surface area contributed by atoms with Crippen molar-refractivity contribution in [3.05, 3.63) is 58.7 Å². The smallest absolute Gasteiger partial charge is 0.371 e. The van der Waals surface area contributed by atoms with Gasteiger partial charge in [0, 0.05) is 36.8 Å². The predicted octanol–water partition coefficient (Wildman–Crippen LogP) is 5.10. The molecule has 2 N–H and O–H groups in total. The number of halogens is 3. The van der Waals surface area contributed by atoms with Crippen LogP contribution >= 0.6 is 11.3 Å². The van der Waals surface area contributed by atoms with Gasteiger partial charge in [-0.1, -0.05) is 12.1 Å². The minimum atomic E-state index is -4.40. The molecular weight excluding hydrogens is 427 g/mol. The van der Waals surface area contributed by atoms with E-state index in [4.69, 9.17) is 0 Å². The molecule has 0 saturated heterocycles. The second-order valence-electron chi connectivity index (χ2n) is 6.96. The highest BCUT2D eigenvalue weighted by Gasteiger charge is 2.30. The Morgan fingerprint density at radius 2 is 1.97 bits per heavy atom. The zero-order valence-electron chi connectivity index (χ0n) is 17.2. The number of anilines is 2. The minimum absolute atomic E-state index is 0.336. The number of benzene rings is 1. The summed E-state index contributed by atoms with van der Waals surface area (Å²) in [6.45, 7) is 4.62. The van der Waals surface area contributed by atoms with Crippen LogP contribution in [0.2, 0.25) is 0 Å². The number of hydrogen-bond acceptors (Lipinski definition) is 5. The molecule has 2 aromatic heterocycles. The number of rotatable bonds is 6. The van der Waals surface area contributed by atoms with Gasteiger partial charge in [-0.2, -0.15) is 13.2 Å². The van der Waals surface area contributed by atoms with Crippen molar-refractivity contribution in [3.8, 4) is 11.3 Å². The van der Waals surface area contributed by atoms with Crippen molar-refractivity contribution < 1.29 is 18.0 Å². The largest absolute Gasteiger partial charge is 0.416 e. The summed E-state index contributed by atoms with van der Waals surface area (Å²) < 4.78 is 38.9. The highest BCUT2D eigenvalue weighted by molar-refractivity contribution is 7.15. The van der Waals surface area contributed by atoms with Crippen LogP contribution in [0.4, 0.5) is 28.8 Å². The molecule has 0 atom stereocenters. The van der Waals surface area contributed by atoms with Crippen molar-refractivity contribution in [2.75, 3.05) is 30.4 Å². The van der Waals surface area contributed by atoms with Gasteiger partial charge in [0.25, 0.3) is 0 Å². The van der Waals surface area contributed by atoms with Crippen LogP contribution in [0.25, 0.3) is 11.3 Å². The first kappa shape index (κ1) is 22.5. The molecule has 3 rings (SSSR count). The lowest BCUT2D eigenvalue weighted by molar-refractivity contribution is -0.137. The molecule has 0 radical (unpaired) electrons. The Hall–Kier alpha value is -3.14. The van der Waals surface area contributed by atoms with E-state index in [9.17, 15) is 18.0 Å². The van der Waals surface area contributed by atoms with E-state index in [1.807, 2.05) is 24.9 Å². The molecule has 0 spiro atoms. The van der Waals surface area contributed by atoms with Gasteiger partial charge >= 0.3 is 12.2 Å².